The van der Waals surface area contributed by atoms with E-state index in [1.807, 2.05) is 0 Å². The molecule has 0 aromatic carbocycles. The van der Waals surface area contributed by atoms with E-state index in [2.05, 4.69) is 30.5 Å². The number of phosphoric acid groups is 1. The van der Waals surface area contributed by atoms with Crippen molar-refractivity contribution in [3.05, 3.63) is 12.2 Å². The van der Waals surface area contributed by atoms with Gasteiger partial charge in [0.2, 0.25) is 0 Å². The second-order valence-electron chi connectivity index (χ2n) is 14.7. The smallest absolute Gasteiger partial charge is 0.462 e. The van der Waals surface area contributed by atoms with E-state index in [4.69, 9.17) is 19.3 Å². The summed E-state index contributed by atoms with van der Waals surface area (Å²) >= 11 is 0. The van der Waals surface area contributed by atoms with Crippen molar-refractivity contribution in [2.24, 2.45) is 0 Å². The Kier molecular flexibility index (Phi) is 37.6. The second-order valence-corrected chi connectivity index (χ2v) is 15.9. The average molecular weight is 745 g/mol. The van der Waals surface area contributed by atoms with Gasteiger partial charge >= 0.3 is 19.8 Å². The number of hydrogen-bond acceptors (Lipinski definition) is 6. The third-order valence-electron chi connectivity index (χ3n) is 9.53. The van der Waals surface area contributed by atoms with Crippen molar-refractivity contribution in [2.45, 2.75) is 232 Å². The highest BCUT2D eigenvalue weighted by Crippen LogP contribution is 2.36. The molecule has 0 saturated carbocycles. The molecule has 0 heterocycles. The van der Waals surface area contributed by atoms with E-state index in [1.165, 1.54) is 141 Å². The van der Waals surface area contributed by atoms with Gasteiger partial charge in [0, 0.05) is 12.8 Å². The lowest BCUT2D eigenvalue weighted by molar-refractivity contribution is -0.161. The summed E-state index contributed by atoms with van der Waals surface area (Å²) in [6.45, 7) is 3.70. The van der Waals surface area contributed by atoms with Crippen LogP contribution in [0.1, 0.15) is 226 Å². The van der Waals surface area contributed by atoms with Crippen molar-refractivity contribution in [3.8, 4) is 0 Å². The van der Waals surface area contributed by atoms with Gasteiger partial charge in [-0.2, -0.15) is 0 Å². The molecule has 302 valence electrons. The number of esters is 2. The quantitative estimate of drug-likeness (QED) is 0.0275. The van der Waals surface area contributed by atoms with Gasteiger partial charge in [0.05, 0.1) is 6.61 Å². The summed E-state index contributed by atoms with van der Waals surface area (Å²) < 4.78 is 26.4. The van der Waals surface area contributed by atoms with Gasteiger partial charge in [-0.1, -0.05) is 187 Å². The molecule has 0 bridgehead atoms. The zero-order valence-electron chi connectivity index (χ0n) is 33.3. The van der Waals surface area contributed by atoms with Gasteiger partial charge < -0.3 is 19.3 Å². The van der Waals surface area contributed by atoms with E-state index in [0.29, 0.717) is 6.42 Å². The van der Waals surface area contributed by atoms with Crippen LogP contribution in [0, 0.1) is 0 Å². The van der Waals surface area contributed by atoms with Crippen molar-refractivity contribution >= 4 is 19.8 Å². The van der Waals surface area contributed by atoms with Crippen LogP contribution in [-0.4, -0.2) is 41.0 Å². The fourth-order valence-corrected chi connectivity index (χ4v) is 6.67. The van der Waals surface area contributed by atoms with Crippen molar-refractivity contribution in [3.63, 3.8) is 0 Å². The monoisotopic (exact) mass is 745 g/mol. The molecule has 0 unspecified atom stereocenters. The highest BCUT2D eigenvalue weighted by molar-refractivity contribution is 7.46. The molecule has 0 spiro atoms. The lowest BCUT2D eigenvalue weighted by Crippen LogP contribution is -2.29. The van der Waals surface area contributed by atoms with Crippen molar-refractivity contribution in [1.29, 1.82) is 0 Å². The number of allylic oxidation sites excluding steroid dienone is 2. The molecule has 0 fully saturated rings. The average Bonchev–Trinajstić information content (AvgIpc) is 3.10. The SMILES string of the molecule is CCCCCCCC/C=C/CCCCCCCC(=O)O[C@H](COC(=O)CCCCCCCCCCCCCCCCCCCC)COP(=O)(O)O. The van der Waals surface area contributed by atoms with Gasteiger partial charge in [0.15, 0.2) is 6.10 Å². The molecule has 0 rings (SSSR count). The maximum atomic E-state index is 12.4. The fourth-order valence-electron chi connectivity index (χ4n) is 6.31. The van der Waals surface area contributed by atoms with Gasteiger partial charge in [-0.25, -0.2) is 4.57 Å². The normalized spacial score (nSPS) is 12.5. The van der Waals surface area contributed by atoms with E-state index < -0.39 is 32.5 Å². The minimum atomic E-state index is -4.75. The molecule has 0 aromatic heterocycles. The van der Waals surface area contributed by atoms with E-state index in [-0.39, 0.29) is 19.4 Å². The molecule has 0 aliphatic carbocycles. The topological polar surface area (TPSA) is 119 Å². The third kappa shape index (κ3) is 41.4. The molecule has 51 heavy (non-hydrogen) atoms. The predicted molar refractivity (Wildman–Crippen MR) is 212 cm³/mol. The highest BCUT2D eigenvalue weighted by atomic mass is 31.2. The Morgan fingerprint density at radius 1 is 0.490 bits per heavy atom. The van der Waals surface area contributed by atoms with Crippen LogP contribution in [0.25, 0.3) is 0 Å². The Morgan fingerprint density at radius 3 is 1.20 bits per heavy atom. The minimum absolute atomic E-state index is 0.206. The zero-order chi connectivity index (χ0) is 37.5. The summed E-state index contributed by atoms with van der Waals surface area (Å²) in [5, 5.41) is 0. The molecule has 2 N–H and O–H groups in total. The van der Waals surface area contributed by atoms with Crippen LogP contribution in [0.5, 0.6) is 0 Å². The first-order chi connectivity index (χ1) is 24.8. The third-order valence-corrected chi connectivity index (χ3v) is 10.0. The van der Waals surface area contributed by atoms with Crippen molar-refractivity contribution < 1.29 is 37.9 Å². The first-order valence-corrected chi connectivity index (χ1v) is 23.0. The lowest BCUT2D eigenvalue weighted by atomic mass is 10.0. The number of ether oxygens (including phenoxy) is 2. The molecule has 0 aromatic rings. The maximum Gasteiger partial charge on any atom is 0.469 e. The zero-order valence-corrected chi connectivity index (χ0v) is 34.2. The molecular weight excluding hydrogens is 663 g/mol. The fraction of sp³-hybridized carbons (Fsp3) is 0.905. The molecule has 0 aliphatic rings. The molecule has 0 saturated heterocycles. The standard InChI is InChI=1S/C42H81O8P/c1-3-5-7-9-11-13-15-17-19-20-21-23-24-26-28-30-32-34-36-41(43)48-38-40(39-49-51(45,46)47)50-42(44)37-35-33-31-29-27-25-22-18-16-14-12-10-8-6-4-2/h18,22,40H,3-17,19-21,23-39H2,1-2H3,(H2,45,46,47)/b22-18+/t40-/m1/s1. The summed E-state index contributed by atoms with van der Waals surface area (Å²) in [5.74, 6) is -0.882. The highest BCUT2D eigenvalue weighted by Gasteiger charge is 2.22. The maximum absolute atomic E-state index is 12.4. The molecule has 0 amide bonds. The van der Waals surface area contributed by atoms with Crippen LogP contribution in [0.2, 0.25) is 0 Å². The van der Waals surface area contributed by atoms with Crippen molar-refractivity contribution in [2.75, 3.05) is 13.2 Å². The second kappa shape index (κ2) is 38.5. The molecule has 1 atom stereocenters. The molecule has 9 heteroatoms. The van der Waals surface area contributed by atoms with Gasteiger partial charge in [0.25, 0.3) is 0 Å². The van der Waals surface area contributed by atoms with Crippen molar-refractivity contribution in [1.82, 2.24) is 0 Å². The first-order valence-electron chi connectivity index (χ1n) is 21.5. The number of carbonyl (C=O) groups is 2. The van der Waals surface area contributed by atoms with Crippen LogP contribution in [-0.2, 0) is 28.2 Å². The Balaban J connectivity index is 3.87. The molecular formula is C42H81O8P. The predicted octanol–water partition coefficient (Wildman–Crippen LogP) is 13.0. The van der Waals surface area contributed by atoms with E-state index in [1.54, 1.807) is 0 Å². The summed E-state index contributed by atoms with van der Waals surface area (Å²) in [6, 6.07) is 0. The van der Waals surface area contributed by atoms with Crippen LogP contribution < -0.4 is 0 Å². The molecule has 0 aliphatic heterocycles. The van der Waals surface area contributed by atoms with E-state index in [0.717, 1.165) is 51.4 Å². The first kappa shape index (κ1) is 49.8. The summed E-state index contributed by atoms with van der Waals surface area (Å²) in [4.78, 5) is 42.8. The summed E-state index contributed by atoms with van der Waals surface area (Å²) in [5.41, 5.74) is 0. The Labute approximate surface area is 314 Å². The van der Waals surface area contributed by atoms with Gasteiger partial charge in [-0.05, 0) is 38.5 Å². The van der Waals surface area contributed by atoms with Crippen LogP contribution in [0.3, 0.4) is 0 Å². The Bertz CT molecular complexity index is 843. The summed E-state index contributed by atoms with van der Waals surface area (Å²) in [6.07, 6.45) is 42.2. The van der Waals surface area contributed by atoms with Gasteiger partial charge in [-0.15, -0.1) is 0 Å². The summed E-state index contributed by atoms with van der Waals surface area (Å²) in [7, 11) is -4.75. The number of rotatable bonds is 40. The molecule has 0 radical (unpaired) electrons. The number of hydrogen-bond donors (Lipinski definition) is 2. The Hall–Kier alpha value is -1.21. The lowest BCUT2D eigenvalue weighted by Gasteiger charge is -2.18. The van der Waals surface area contributed by atoms with E-state index >= 15 is 0 Å². The minimum Gasteiger partial charge on any atom is -0.462 e. The van der Waals surface area contributed by atoms with Crippen LogP contribution >= 0.6 is 7.82 Å². The largest absolute Gasteiger partial charge is 0.469 e. The number of carbonyl (C=O) groups excluding carboxylic acids is 2. The van der Waals surface area contributed by atoms with E-state index in [9.17, 15) is 14.2 Å². The van der Waals surface area contributed by atoms with Gasteiger partial charge in [0.1, 0.15) is 6.61 Å². The number of phosphoric ester groups is 1. The number of unbranched alkanes of at least 4 members (excludes halogenated alkanes) is 28. The van der Waals surface area contributed by atoms with Crippen LogP contribution in [0.15, 0.2) is 12.2 Å². The van der Waals surface area contributed by atoms with Gasteiger partial charge in [-0.3, -0.25) is 14.1 Å². The molecule has 8 nitrogen and oxygen atoms in total. The van der Waals surface area contributed by atoms with Crippen LogP contribution in [0.4, 0.5) is 0 Å². The Morgan fingerprint density at radius 2 is 0.824 bits per heavy atom.